The SMILES string of the molecule is N#Cc1ccc(-n2c3ccccc3c3cc(-c4ccccc4C#N)ccc32)c(-c2ccc(-c3ccc(C#N)cc3C(F)(F)F)cc2-n2c3ccccc3c3cc(-c4ccccc4C#N)ccc32)c1. The lowest BCUT2D eigenvalue weighted by Crippen LogP contribution is -2.08. The highest BCUT2D eigenvalue weighted by Gasteiger charge is 2.34. The van der Waals surface area contributed by atoms with Gasteiger partial charge in [-0.2, -0.15) is 34.2 Å². The molecule has 0 amide bonds. The van der Waals surface area contributed by atoms with E-state index in [-0.39, 0.29) is 16.7 Å². The van der Waals surface area contributed by atoms with Crippen LogP contribution < -0.4 is 0 Å². The maximum absolute atomic E-state index is 14.9. The van der Waals surface area contributed by atoms with Crippen molar-refractivity contribution >= 4 is 43.6 Å². The topological polar surface area (TPSA) is 105 Å². The maximum Gasteiger partial charge on any atom is 0.417 e. The minimum atomic E-state index is -4.77. The lowest BCUT2D eigenvalue weighted by molar-refractivity contribution is -0.137. The first kappa shape index (κ1) is 41.1. The Morgan fingerprint density at radius 2 is 0.794 bits per heavy atom. The Bertz CT molecular complexity index is 4090. The van der Waals surface area contributed by atoms with E-state index in [4.69, 9.17) is 0 Å². The van der Waals surface area contributed by atoms with Gasteiger partial charge in [-0.25, -0.2) is 0 Å². The standard InChI is InChI=1S/C59H31F3N6/c60-59(61,62)52-28-37(33-64)17-22-45(52)40-19-23-48(58(31-40)68-54-16-8-6-14-47(54)51-30-39(21-26-57(51)68)44-12-4-2-10-42(44)35-66)49-27-36(32-63)18-24-55(49)67-53-15-7-5-13-46(53)50-29-38(20-25-56(50)67)43-11-3-1-9-41(43)34-65/h1-31H. The van der Waals surface area contributed by atoms with Gasteiger partial charge < -0.3 is 9.13 Å². The van der Waals surface area contributed by atoms with Gasteiger partial charge in [0.2, 0.25) is 0 Å². The quantitative estimate of drug-likeness (QED) is 0.166. The summed E-state index contributed by atoms with van der Waals surface area (Å²) in [7, 11) is 0. The van der Waals surface area contributed by atoms with Crippen molar-refractivity contribution in [1.82, 2.24) is 9.13 Å². The number of hydrogen-bond acceptors (Lipinski definition) is 4. The fourth-order valence-electron chi connectivity index (χ4n) is 9.69. The molecule has 0 radical (unpaired) electrons. The number of nitriles is 4. The summed E-state index contributed by atoms with van der Waals surface area (Å²) in [6.07, 6.45) is -4.77. The van der Waals surface area contributed by atoms with Crippen LogP contribution in [0.1, 0.15) is 27.8 Å². The van der Waals surface area contributed by atoms with Crippen molar-refractivity contribution in [2.45, 2.75) is 6.18 Å². The molecule has 0 unspecified atom stereocenters. The highest BCUT2D eigenvalue weighted by atomic mass is 19.4. The molecule has 2 heterocycles. The van der Waals surface area contributed by atoms with E-state index in [2.05, 4.69) is 34.9 Å². The lowest BCUT2D eigenvalue weighted by atomic mass is 9.92. The van der Waals surface area contributed by atoms with Crippen molar-refractivity contribution in [3.8, 4) is 80.2 Å². The van der Waals surface area contributed by atoms with Crippen LogP contribution in [0.25, 0.3) is 99.5 Å². The van der Waals surface area contributed by atoms with Crippen LogP contribution in [0.15, 0.2) is 188 Å². The Morgan fingerprint density at radius 3 is 1.35 bits per heavy atom. The van der Waals surface area contributed by atoms with E-state index < -0.39 is 11.7 Å². The third kappa shape index (κ3) is 6.63. The minimum absolute atomic E-state index is 0.0948. The van der Waals surface area contributed by atoms with E-state index in [1.54, 1.807) is 30.3 Å². The van der Waals surface area contributed by atoms with Gasteiger partial charge in [0.25, 0.3) is 0 Å². The average Bonchev–Trinajstić information content (AvgIpc) is 3.89. The van der Waals surface area contributed by atoms with E-state index >= 15 is 0 Å². The Hall–Kier alpha value is -9.67. The van der Waals surface area contributed by atoms with Crippen LogP contribution in [-0.2, 0) is 6.18 Å². The molecule has 0 saturated heterocycles. The second-order valence-corrected chi connectivity index (χ2v) is 16.4. The van der Waals surface area contributed by atoms with Crippen molar-refractivity contribution in [3.05, 3.63) is 216 Å². The van der Waals surface area contributed by atoms with Gasteiger partial charge in [0.05, 0.1) is 85.5 Å². The monoisotopic (exact) mass is 880 g/mol. The van der Waals surface area contributed by atoms with Gasteiger partial charge >= 0.3 is 6.18 Å². The second-order valence-electron chi connectivity index (χ2n) is 16.4. The van der Waals surface area contributed by atoms with Crippen molar-refractivity contribution < 1.29 is 13.2 Å². The van der Waals surface area contributed by atoms with Crippen LogP contribution in [0.2, 0.25) is 0 Å². The smallest absolute Gasteiger partial charge is 0.309 e. The molecule has 9 heteroatoms. The molecule has 318 valence electrons. The van der Waals surface area contributed by atoms with Crippen LogP contribution in [-0.4, -0.2) is 9.13 Å². The molecular formula is C59H31F3N6. The molecule has 0 aliphatic rings. The van der Waals surface area contributed by atoms with Crippen molar-refractivity contribution in [2.24, 2.45) is 0 Å². The zero-order chi connectivity index (χ0) is 46.7. The minimum Gasteiger partial charge on any atom is -0.309 e. The largest absolute Gasteiger partial charge is 0.417 e. The van der Waals surface area contributed by atoms with Crippen molar-refractivity contribution in [1.29, 1.82) is 21.0 Å². The summed E-state index contributed by atoms with van der Waals surface area (Å²) in [5.74, 6) is 0. The molecule has 0 spiro atoms. The zero-order valence-electron chi connectivity index (χ0n) is 35.7. The molecule has 2 aromatic heterocycles. The van der Waals surface area contributed by atoms with E-state index in [1.807, 2.05) is 138 Å². The molecule has 0 saturated carbocycles. The predicted octanol–water partition coefficient (Wildman–Crippen LogP) is 15.1. The van der Waals surface area contributed by atoms with Crippen LogP contribution in [0.4, 0.5) is 13.2 Å². The maximum atomic E-state index is 14.9. The first-order valence-electron chi connectivity index (χ1n) is 21.6. The van der Waals surface area contributed by atoms with Crippen LogP contribution >= 0.6 is 0 Å². The fraction of sp³-hybridized carbons (Fsp3) is 0.0169. The van der Waals surface area contributed by atoms with E-state index in [1.165, 1.54) is 12.1 Å². The predicted molar refractivity (Wildman–Crippen MR) is 261 cm³/mol. The van der Waals surface area contributed by atoms with Gasteiger partial charge in [-0.3, -0.25) is 0 Å². The Morgan fingerprint density at radius 1 is 0.338 bits per heavy atom. The first-order valence-corrected chi connectivity index (χ1v) is 21.6. The van der Waals surface area contributed by atoms with Gasteiger partial charge in [0.1, 0.15) is 0 Å². The van der Waals surface area contributed by atoms with Crippen LogP contribution in [0.3, 0.4) is 0 Å². The summed E-state index contributed by atoms with van der Waals surface area (Å²) in [5, 5.41) is 43.7. The number of para-hydroxylation sites is 2. The number of rotatable bonds is 6. The summed E-state index contributed by atoms with van der Waals surface area (Å²) in [4.78, 5) is 0. The summed E-state index contributed by atoms with van der Waals surface area (Å²) in [5.41, 5.74) is 9.69. The molecule has 68 heavy (non-hydrogen) atoms. The molecule has 0 N–H and O–H groups in total. The van der Waals surface area contributed by atoms with Crippen molar-refractivity contribution in [3.63, 3.8) is 0 Å². The summed E-state index contributed by atoms with van der Waals surface area (Å²) < 4.78 is 49.0. The Kier molecular flexibility index (Phi) is 9.72. The van der Waals surface area contributed by atoms with E-state index in [0.717, 1.165) is 77.6 Å². The second kappa shape index (κ2) is 16.1. The van der Waals surface area contributed by atoms with Crippen LogP contribution in [0.5, 0.6) is 0 Å². The number of halogens is 3. The number of nitrogens with zero attached hydrogens (tertiary/aromatic N) is 6. The molecule has 0 aliphatic carbocycles. The fourth-order valence-corrected chi connectivity index (χ4v) is 9.69. The number of benzene rings is 9. The molecule has 11 aromatic rings. The Labute approximate surface area is 387 Å². The Balaban J connectivity index is 1.23. The van der Waals surface area contributed by atoms with Gasteiger partial charge in [-0.15, -0.1) is 0 Å². The van der Waals surface area contributed by atoms with Crippen molar-refractivity contribution in [2.75, 3.05) is 0 Å². The zero-order valence-corrected chi connectivity index (χ0v) is 35.7. The summed E-state index contributed by atoms with van der Waals surface area (Å²) >= 11 is 0. The average molecular weight is 881 g/mol. The molecule has 11 rings (SSSR count). The van der Waals surface area contributed by atoms with Gasteiger partial charge in [0, 0.05) is 32.7 Å². The molecule has 0 bridgehead atoms. The van der Waals surface area contributed by atoms with E-state index in [0.29, 0.717) is 33.5 Å². The molecular weight excluding hydrogens is 850 g/mol. The highest BCUT2D eigenvalue weighted by molar-refractivity contribution is 6.13. The molecule has 0 aliphatic heterocycles. The number of hydrogen-bond donors (Lipinski definition) is 0. The van der Waals surface area contributed by atoms with Gasteiger partial charge in [0.15, 0.2) is 0 Å². The number of aromatic nitrogens is 2. The molecule has 0 atom stereocenters. The summed E-state index contributed by atoms with van der Waals surface area (Å²) in [6.45, 7) is 0. The van der Waals surface area contributed by atoms with Gasteiger partial charge in [-0.1, -0.05) is 103 Å². The third-order valence-electron chi connectivity index (χ3n) is 12.7. The first-order chi connectivity index (χ1) is 33.2. The lowest BCUT2D eigenvalue weighted by Gasteiger charge is -2.21. The normalized spacial score (nSPS) is 11.4. The molecule has 6 nitrogen and oxygen atoms in total. The third-order valence-corrected chi connectivity index (χ3v) is 12.7. The van der Waals surface area contributed by atoms with Crippen LogP contribution in [0, 0.1) is 45.3 Å². The number of fused-ring (bicyclic) bond motifs is 6. The highest BCUT2D eigenvalue weighted by Crippen LogP contribution is 2.45. The van der Waals surface area contributed by atoms with E-state index in [9.17, 15) is 34.2 Å². The summed E-state index contributed by atoms with van der Waals surface area (Å²) in [6, 6.07) is 65.9. The number of alkyl halides is 3. The molecule has 9 aromatic carbocycles. The van der Waals surface area contributed by atoms with Gasteiger partial charge in [-0.05, 0) is 118 Å². The molecule has 0 fully saturated rings.